The maximum Gasteiger partial charge on any atom is 0.333 e. The normalized spacial score (nSPS) is 13.1. The van der Waals surface area contributed by atoms with Crippen LogP contribution in [0.3, 0.4) is 0 Å². The number of aliphatic hydroxyl groups is 1. The molecule has 0 amide bonds. The van der Waals surface area contributed by atoms with E-state index in [9.17, 15) is 9.90 Å². The van der Waals surface area contributed by atoms with E-state index in [-0.39, 0.29) is 24.8 Å². The lowest BCUT2D eigenvalue weighted by molar-refractivity contribution is -0.149. The van der Waals surface area contributed by atoms with Crippen LogP contribution in [0.25, 0.3) is 0 Å². The predicted molar refractivity (Wildman–Crippen MR) is 243 cm³/mol. The average molecular weight is 814 g/mol. The Bertz CT molecular complexity index is 802. The molecular formula is C48H99NO6Si. The molecule has 0 aromatic heterocycles. The van der Waals surface area contributed by atoms with Gasteiger partial charge in [-0.1, -0.05) is 163 Å². The van der Waals surface area contributed by atoms with Gasteiger partial charge in [-0.3, -0.25) is 4.79 Å². The van der Waals surface area contributed by atoms with Crippen molar-refractivity contribution in [1.29, 1.82) is 0 Å². The Morgan fingerprint density at radius 3 is 1.46 bits per heavy atom. The lowest BCUT2D eigenvalue weighted by atomic mass is 9.94. The summed E-state index contributed by atoms with van der Waals surface area (Å²) in [5.74, 6) is 0.156. The van der Waals surface area contributed by atoms with Crippen LogP contribution < -0.4 is 0 Å². The molecule has 0 spiro atoms. The van der Waals surface area contributed by atoms with Crippen LogP contribution in [-0.2, 0) is 23.1 Å². The first-order valence-electron chi connectivity index (χ1n) is 24.8. The van der Waals surface area contributed by atoms with Gasteiger partial charge in [0.05, 0.1) is 12.5 Å². The standard InChI is InChI=1S/C48H99NO6Si/c1-7-11-15-18-20-22-29-38-47(52-43-14-10-4)55-56(5,6)54-45-35-26-24-31-40-49(41-32-33-42-50)39-30-23-25-34-44-53-48(51)46(36-27-17-13-9-3)37-28-21-19-16-12-8-2/h46-47,50H,7-45H2,1-6H3. The van der Waals surface area contributed by atoms with Gasteiger partial charge in [0.1, 0.15) is 6.29 Å². The molecule has 0 rings (SSSR count). The fourth-order valence-corrected chi connectivity index (χ4v) is 9.02. The number of aliphatic hydroxyl groups excluding tert-OH is 1. The summed E-state index contributed by atoms with van der Waals surface area (Å²) < 4.78 is 24.9. The van der Waals surface area contributed by atoms with Crippen LogP contribution in [0.15, 0.2) is 0 Å². The number of unbranched alkanes of at least 4 members (excludes halogenated alkanes) is 22. The van der Waals surface area contributed by atoms with Crippen molar-refractivity contribution in [3.8, 4) is 0 Å². The van der Waals surface area contributed by atoms with Crippen LogP contribution in [0.2, 0.25) is 13.1 Å². The maximum atomic E-state index is 13.0. The fourth-order valence-electron chi connectivity index (χ4n) is 7.50. The molecule has 0 radical (unpaired) electrons. The summed E-state index contributed by atoms with van der Waals surface area (Å²) in [7, 11) is -2.25. The number of hydrogen-bond donors (Lipinski definition) is 1. The number of esters is 1. The Balaban J connectivity index is 4.39. The molecule has 8 heteroatoms. The first-order chi connectivity index (χ1) is 27.3. The van der Waals surface area contributed by atoms with E-state index < -0.39 is 8.56 Å². The summed E-state index contributed by atoms with van der Waals surface area (Å²) >= 11 is 0. The molecule has 56 heavy (non-hydrogen) atoms. The zero-order chi connectivity index (χ0) is 41.2. The molecular weight excluding hydrogens is 715 g/mol. The van der Waals surface area contributed by atoms with Crippen LogP contribution in [0.1, 0.15) is 233 Å². The molecule has 0 aliphatic carbocycles. The topological polar surface area (TPSA) is 77.5 Å². The van der Waals surface area contributed by atoms with E-state index in [0.717, 1.165) is 110 Å². The summed E-state index contributed by atoms with van der Waals surface area (Å²) in [6.45, 7) is 19.0. The molecule has 0 fully saturated rings. The summed E-state index contributed by atoms with van der Waals surface area (Å²) in [5.41, 5.74) is 0. The van der Waals surface area contributed by atoms with Gasteiger partial charge in [-0.25, -0.2) is 0 Å². The average Bonchev–Trinajstić information content (AvgIpc) is 3.18. The molecule has 0 saturated carbocycles. The molecule has 7 nitrogen and oxygen atoms in total. The Morgan fingerprint density at radius 2 is 0.929 bits per heavy atom. The van der Waals surface area contributed by atoms with Gasteiger partial charge < -0.3 is 28.3 Å². The third-order valence-corrected chi connectivity index (χ3v) is 12.9. The molecule has 0 saturated heterocycles. The van der Waals surface area contributed by atoms with Crippen molar-refractivity contribution in [3.63, 3.8) is 0 Å². The molecule has 0 aliphatic heterocycles. The quantitative estimate of drug-likeness (QED) is 0.0284. The van der Waals surface area contributed by atoms with Crippen molar-refractivity contribution < 1.29 is 28.2 Å². The number of nitrogens with zero attached hydrogens (tertiary/aromatic N) is 1. The third kappa shape index (κ3) is 37.7. The zero-order valence-electron chi connectivity index (χ0n) is 38.7. The fraction of sp³-hybridized carbons (Fsp3) is 0.979. The van der Waals surface area contributed by atoms with Crippen molar-refractivity contribution in [2.75, 3.05) is 46.1 Å². The molecule has 0 aliphatic rings. The summed E-state index contributed by atoms with van der Waals surface area (Å²) in [6, 6.07) is 0. The molecule has 0 heterocycles. The molecule has 1 N–H and O–H groups in total. The monoisotopic (exact) mass is 814 g/mol. The van der Waals surface area contributed by atoms with Crippen molar-refractivity contribution in [1.82, 2.24) is 4.90 Å². The summed E-state index contributed by atoms with van der Waals surface area (Å²) in [5, 5.41) is 9.35. The smallest absolute Gasteiger partial charge is 0.333 e. The predicted octanol–water partition coefficient (Wildman–Crippen LogP) is 14.1. The Hall–Kier alpha value is -0.513. The number of rotatable bonds is 46. The van der Waals surface area contributed by atoms with Crippen LogP contribution >= 0.6 is 0 Å². The van der Waals surface area contributed by atoms with E-state index in [1.807, 2.05) is 0 Å². The minimum atomic E-state index is -2.25. The van der Waals surface area contributed by atoms with E-state index in [4.69, 9.17) is 18.3 Å². The highest BCUT2D eigenvalue weighted by molar-refractivity contribution is 6.64. The van der Waals surface area contributed by atoms with E-state index >= 15 is 0 Å². The van der Waals surface area contributed by atoms with E-state index in [1.54, 1.807) is 0 Å². The molecule has 0 aromatic rings. The number of carbonyl (C=O) groups is 1. The van der Waals surface area contributed by atoms with Gasteiger partial charge in [0.25, 0.3) is 0 Å². The minimum absolute atomic E-state index is 0.0610. The highest BCUT2D eigenvalue weighted by Crippen LogP contribution is 2.22. The maximum absolute atomic E-state index is 13.0. The van der Waals surface area contributed by atoms with E-state index in [0.29, 0.717) is 6.61 Å². The van der Waals surface area contributed by atoms with Crippen LogP contribution in [-0.4, -0.2) is 76.9 Å². The molecule has 2 atom stereocenters. The number of carbonyl (C=O) groups excluding carboxylic acids is 1. The number of ether oxygens (including phenoxy) is 2. The highest BCUT2D eigenvalue weighted by Gasteiger charge is 2.29. The van der Waals surface area contributed by atoms with Gasteiger partial charge in [0, 0.05) is 19.8 Å². The first kappa shape index (κ1) is 55.5. The lowest BCUT2D eigenvalue weighted by Gasteiger charge is -2.29. The van der Waals surface area contributed by atoms with E-state index in [1.165, 1.54) is 128 Å². The van der Waals surface area contributed by atoms with Crippen molar-refractivity contribution in [2.24, 2.45) is 5.92 Å². The summed E-state index contributed by atoms with van der Waals surface area (Å²) in [6.07, 6.45) is 37.7. The highest BCUT2D eigenvalue weighted by atomic mass is 28.4. The van der Waals surface area contributed by atoms with Gasteiger partial charge in [-0.15, -0.1) is 0 Å². The molecule has 0 aromatic carbocycles. The third-order valence-electron chi connectivity index (χ3n) is 11.2. The Labute approximate surface area is 351 Å². The summed E-state index contributed by atoms with van der Waals surface area (Å²) in [4.78, 5) is 15.6. The van der Waals surface area contributed by atoms with Crippen LogP contribution in [0.5, 0.6) is 0 Å². The van der Waals surface area contributed by atoms with Crippen molar-refractivity contribution in [2.45, 2.75) is 253 Å². The van der Waals surface area contributed by atoms with Gasteiger partial charge in [0.2, 0.25) is 0 Å². The zero-order valence-corrected chi connectivity index (χ0v) is 39.7. The van der Waals surface area contributed by atoms with Gasteiger partial charge in [-0.2, -0.15) is 0 Å². The second kappa shape index (κ2) is 42.6. The van der Waals surface area contributed by atoms with Gasteiger partial charge in [0.15, 0.2) is 0 Å². The number of hydrogen-bond acceptors (Lipinski definition) is 7. The van der Waals surface area contributed by atoms with Gasteiger partial charge >= 0.3 is 14.5 Å². The molecule has 0 bridgehead atoms. The SMILES string of the molecule is CCCCCCCCCC(OCCCC)O[Si](C)(C)OCCCCCCN(CCCCO)CCCCCCOC(=O)C(CCCCCC)CCCCCCCC. The second-order valence-corrected chi connectivity index (χ2v) is 20.6. The van der Waals surface area contributed by atoms with E-state index in [2.05, 4.69) is 45.7 Å². The molecule has 336 valence electrons. The largest absolute Gasteiger partial charge is 0.465 e. The first-order valence-corrected chi connectivity index (χ1v) is 27.6. The van der Waals surface area contributed by atoms with Gasteiger partial charge in [-0.05, 0) is 103 Å². The Morgan fingerprint density at radius 1 is 0.500 bits per heavy atom. The van der Waals surface area contributed by atoms with Crippen LogP contribution in [0.4, 0.5) is 0 Å². The van der Waals surface area contributed by atoms with Crippen molar-refractivity contribution >= 4 is 14.5 Å². The lowest BCUT2D eigenvalue weighted by Crippen LogP contribution is -2.40. The van der Waals surface area contributed by atoms with Crippen LogP contribution in [0, 0.1) is 5.92 Å². The Kier molecular flexibility index (Phi) is 42.2. The minimum Gasteiger partial charge on any atom is -0.465 e. The van der Waals surface area contributed by atoms with Crippen molar-refractivity contribution in [3.05, 3.63) is 0 Å². The molecule has 2 unspecified atom stereocenters. The second-order valence-electron chi connectivity index (χ2n) is 17.3.